The van der Waals surface area contributed by atoms with Gasteiger partial charge in [-0.1, -0.05) is 305 Å². The third kappa shape index (κ3) is 65.3. The molecule has 0 amide bonds. The van der Waals surface area contributed by atoms with Crippen LogP contribution in [0.2, 0.25) is 0 Å². The first kappa shape index (κ1) is 75.6. The van der Waals surface area contributed by atoms with Crippen LogP contribution in [-0.2, 0) is 28.6 Å². The molecule has 0 bridgehead atoms. The SMILES string of the molecule is CC/C=C\C/C=C\C/C=C\C/C=C\CCC(=O)OCC(COC(=O)CCCCCCCCCCCCCCCCCCC/C=C\C/C=C\CCCCCCC)OC(=O)CCCCCCCCCCC/C=C\CCCCCCCC. The predicted molar refractivity (Wildman–Crippen MR) is 344 cm³/mol. The Labute approximate surface area is 490 Å². The van der Waals surface area contributed by atoms with Crippen molar-refractivity contribution in [3.05, 3.63) is 85.1 Å². The van der Waals surface area contributed by atoms with E-state index in [2.05, 4.69) is 99.8 Å². The number of hydrogen-bond donors (Lipinski definition) is 0. The molecule has 6 heteroatoms. The Morgan fingerprint density at radius 2 is 0.519 bits per heavy atom. The smallest absolute Gasteiger partial charge is 0.306 e. The molecule has 1 unspecified atom stereocenters. The molecule has 79 heavy (non-hydrogen) atoms. The van der Waals surface area contributed by atoms with Crippen LogP contribution >= 0.6 is 0 Å². The largest absolute Gasteiger partial charge is 0.462 e. The van der Waals surface area contributed by atoms with Crippen LogP contribution in [0.3, 0.4) is 0 Å². The summed E-state index contributed by atoms with van der Waals surface area (Å²) in [5.74, 6) is -0.969. The van der Waals surface area contributed by atoms with Crippen molar-refractivity contribution in [2.45, 2.75) is 348 Å². The van der Waals surface area contributed by atoms with Crippen LogP contribution in [0.25, 0.3) is 0 Å². The highest BCUT2D eigenvalue weighted by Gasteiger charge is 2.19. The van der Waals surface area contributed by atoms with Crippen molar-refractivity contribution in [3.8, 4) is 0 Å². The highest BCUT2D eigenvalue weighted by atomic mass is 16.6. The Bertz CT molecular complexity index is 1500. The number of carbonyl (C=O) groups excluding carboxylic acids is 3. The molecule has 0 heterocycles. The van der Waals surface area contributed by atoms with E-state index in [-0.39, 0.29) is 37.5 Å². The summed E-state index contributed by atoms with van der Waals surface area (Å²) in [6, 6.07) is 0. The number of esters is 3. The fourth-order valence-electron chi connectivity index (χ4n) is 9.78. The standard InChI is InChI=1S/C73H128O6/c1-4-7-10-13-16-19-22-25-27-29-31-32-33-34-35-36-37-38-39-40-42-43-45-48-51-54-57-60-63-66-72(75)78-69-70(68-77-71(74)65-62-59-56-53-50-47-24-21-18-15-12-9-6-3)79-73(76)67-64-61-58-55-52-49-46-44-41-30-28-26-23-20-17-14-11-8-5-2/h9,12,18,21-22,25-26,28-29,31,47,50,56,59,70H,4-8,10-11,13-17,19-20,23-24,27,30,32-46,48-49,51-55,57-58,60-69H2,1-3H3/b12-9-,21-18-,25-22-,28-26-,31-29-,50-47-,59-56-. The summed E-state index contributed by atoms with van der Waals surface area (Å²) in [5, 5.41) is 0. The van der Waals surface area contributed by atoms with Gasteiger partial charge in [-0.05, 0) is 103 Å². The molecule has 0 N–H and O–H groups in total. The van der Waals surface area contributed by atoms with E-state index in [9.17, 15) is 14.4 Å². The minimum absolute atomic E-state index is 0.0967. The molecule has 0 aromatic rings. The van der Waals surface area contributed by atoms with Crippen LogP contribution < -0.4 is 0 Å². The van der Waals surface area contributed by atoms with E-state index in [1.54, 1.807) is 0 Å². The zero-order valence-corrected chi connectivity index (χ0v) is 52.4. The van der Waals surface area contributed by atoms with Gasteiger partial charge >= 0.3 is 17.9 Å². The van der Waals surface area contributed by atoms with Crippen LogP contribution in [0, 0.1) is 0 Å². The highest BCUT2D eigenvalue weighted by molar-refractivity contribution is 5.71. The summed E-state index contributed by atoms with van der Waals surface area (Å²) < 4.78 is 16.9. The second-order valence-electron chi connectivity index (χ2n) is 22.7. The average molecular weight is 1100 g/mol. The number of rotatable bonds is 62. The van der Waals surface area contributed by atoms with Gasteiger partial charge in [0, 0.05) is 19.3 Å². The lowest BCUT2D eigenvalue weighted by atomic mass is 10.0. The summed E-state index contributed by atoms with van der Waals surface area (Å²) in [6.45, 7) is 6.48. The highest BCUT2D eigenvalue weighted by Crippen LogP contribution is 2.17. The third-order valence-electron chi connectivity index (χ3n) is 14.9. The molecule has 0 aliphatic carbocycles. The summed E-state index contributed by atoms with van der Waals surface area (Å²) >= 11 is 0. The van der Waals surface area contributed by atoms with Gasteiger partial charge in [-0.15, -0.1) is 0 Å². The number of ether oxygens (including phenoxy) is 3. The fraction of sp³-hybridized carbons (Fsp3) is 0.767. The molecular formula is C73H128O6. The molecule has 0 spiro atoms. The first-order valence-corrected chi connectivity index (χ1v) is 34.1. The first-order valence-electron chi connectivity index (χ1n) is 34.1. The zero-order chi connectivity index (χ0) is 57.1. The van der Waals surface area contributed by atoms with Gasteiger partial charge in [-0.2, -0.15) is 0 Å². The van der Waals surface area contributed by atoms with E-state index in [4.69, 9.17) is 14.2 Å². The quantitative estimate of drug-likeness (QED) is 0.0261. The molecule has 0 fully saturated rings. The number of allylic oxidation sites excluding steroid dienone is 14. The van der Waals surface area contributed by atoms with E-state index < -0.39 is 6.10 Å². The summed E-state index contributed by atoms with van der Waals surface area (Å²) in [4.78, 5) is 38.3. The molecule has 6 nitrogen and oxygen atoms in total. The van der Waals surface area contributed by atoms with Gasteiger partial charge in [0.15, 0.2) is 6.10 Å². The molecule has 0 radical (unpaired) electrons. The number of unbranched alkanes of at least 4 members (excludes halogenated alkanes) is 37. The van der Waals surface area contributed by atoms with E-state index >= 15 is 0 Å². The summed E-state index contributed by atoms with van der Waals surface area (Å²) in [7, 11) is 0. The number of hydrogen-bond acceptors (Lipinski definition) is 6. The van der Waals surface area contributed by atoms with Crippen LogP contribution in [0.5, 0.6) is 0 Å². The van der Waals surface area contributed by atoms with E-state index in [1.165, 1.54) is 225 Å². The van der Waals surface area contributed by atoms with Crippen molar-refractivity contribution >= 4 is 17.9 Å². The van der Waals surface area contributed by atoms with E-state index in [0.717, 1.165) is 70.6 Å². The Morgan fingerprint density at radius 1 is 0.266 bits per heavy atom. The van der Waals surface area contributed by atoms with Crippen molar-refractivity contribution in [1.29, 1.82) is 0 Å². The zero-order valence-electron chi connectivity index (χ0n) is 52.4. The monoisotopic (exact) mass is 1100 g/mol. The Balaban J connectivity index is 4.25. The van der Waals surface area contributed by atoms with E-state index in [1.807, 2.05) is 6.08 Å². The normalized spacial score (nSPS) is 12.6. The minimum Gasteiger partial charge on any atom is -0.462 e. The van der Waals surface area contributed by atoms with Crippen molar-refractivity contribution in [1.82, 2.24) is 0 Å². The fourth-order valence-corrected chi connectivity index (χ4v) is 9.78. The van der Waals surface area contributed by atoms with Crippen molar-refractivity contribution < 1.29 is 28.6 Å². The maximum Gasteiger partial charge on any atom is 0.306 e. The Kier molecular flexibility index (Phi) is 64.2. The lowest BCUT2D eigenvalue weighted by Crippen LogP contribution is -2.30. The molecular weight excluding hydrogens is 973 g/mol. The Morgan fingerprint density at radius 3 is 0.861 bits per heavy atom. The third-order valence-corrected chi connectivity index (χ3v) is 14.9. The van der Waals surface area contributed by atoms with Gasteiger partial charge < -0.3 is 14.2 Å². The second kappa shape index (κ2) is 67.1. The van der Waals surface area contributed by atoms with Gasteiger partial charge in [0.05, 0.1) is 0 Å². The van der Waals surface area contributed by atoms with Crippen molar-refractivity contribution in [3.63, 3.8) is 0 Å². The van der Waals surface area contributed by atoms with Gasteiger partial charge in [-0.25, -0.2) is 0 Å². The lowest BCUT2D eigenvalue weighted by molar-refractivity contribution is -0.166. The van der Waals surface area contributed by atoms with Gasteiger partial charge in [0.2, 0.25) is 0 Å². The summed E-state index contributed by atoms with van der Waals surface area (Å²) in [6.07, 6.45) is 89.1. The summed E-state index contributed by atoms with van der Waals surface area (Å²) in [5.41, 5.74) is 0. The maximum absolute atomic E-state index is 12.9. The van der Waals surface area contributed by atoms with Crippen molar-refractivity contribution in [2.24, 2.45) is 0 Å². The number of carbonyl (C=O) groups is 3. The van der Waals surface area contributed by atoms with Crippen LogP contribution in [-0.4, -0.2) is 37.2 Å². The van der Waals surface area contributed by atoms with Gasteiger partial charge in [-0.3, -0.25) is 14.4 Å². The molecule has 0 aromatic heterocycles. The second-order valence-corrected chi connectivity index (χ2v) is 22.7. The minimum atomic E-state index is -0.807. The first-order chi connectivity index (χ1) is 39.0. The molecule has 0 aromatic carbocycles. The molecule has 1 atom stereocenters. The van der Waals surface area contributed by atoms with Gasteiger partial charge in [0.1, 0.15) is 13.2 Å². The van der Waals surface area contributed by atoms with Crippen molar-refractivity contribution in [2.75, 3.05) is 13.2 Å². The maximum atomic E-state index is 12.9. The van der Waals surface area contributed by atoms with Gasteiger partial charge in [0.25, 0.3) is 0 Å². The molecule has 0 aliphatic rings. The topological polar surface area (TPSA) is 78.9 Å². The predicted octanol–water partition coefficient (Wildman–Crippen LogP) is 23.4. The van der Waals surface area contributed by atoms with Crippen LogP contribution in [0.15, 0.2) is 85.1 Å². The Hall–Kier alpha value is -3.41. The average Bonchev–Trinajstić information content (AvgIpc) is 3.45. The van der Waals surface area contributed by atoms with E-state index in [0.29, 0.717) is 19.3 Å². The molecule has 0 saturated carbocycles. The van der Waals surface area contributed by atoms with Crippen LogP contribution in [0.1, 0.15) is 342 Å². The molecule has 0 aliphatic heterocycles. The lowest BCUT2D eigenvalue weighted by Gasteiger charge is -2.18. The van der Waals surface area contributed by atoms with Crippen LogP contribution in [0.4, 0.5) is 0 Å². The molecule has 0 saturated heterocycles. The molecule has 456 valence electrons. The molecule has 0 rings (SSSR count).